The molecule has 0 spiro atoms. The number of amides is 2. The molecule has 0 fully saturated rings. The van der Waals surface area contributed by atoms with Gasteiger partial charge in [-0.2, -0.15) is 0 Å². The van der Waals surface area contributed by atoms with Crippen LogP contribution in [-0.2, 0) is 32.6 Å². The van der Waals surface area contributed by atoms with Crippen molar-refractivity contribution in [3.05, 3.63) is 98.4 Å². The van der Waals surface area contributed by atoms with E-state index in [0.29, 0.717) is 25.8 Å². The molecule has 3 aromatic carbocycles. The van der Waals surface area contributed by atoms with Gasteiger partial charge in [-0.15, -0.1) is 0 Å². The van der Waals surface area contributed by atoms with E-state index in [1.807, 2.05) is 30.3 Å². The molecule has 0 unspecified atom stereocenters. The number of halogens is 3. The third kappa shape index (κ3) is 7.95. The maximum Gasteiger partial charge on any atom is 0.244 e. The Morgan fingerprint density at radius 2 is 1.65 bits per heavy atom. The molecule has 1 atom stereocenters. The Labute approximate surface area is 235 Å². The fraction of sp³-hybridized carbons (Fsp3) is 0.231. The quantitative estimate of drug-likeness (QED) is 0.347. The summed E-state index contributed by atoms with van der Waals surface area (Å²) < 4.78 is 27.1. The van der Waals surface area contributed by atoms with Crippen molar-refractivity contribution in [3.8, 4) is 0 Å². The van der Waals surface area contributed by atoms with E-state index in [1.54, 1.807) is 42.5 Å². The van der Waals surface area contributed by atoms with Crippen LogP contribution in [-0.4, -0.2) is 51.0 Å². The van der Waals surface area contributed by atoms with Crippen LogP contribution in [0.3, 0.4) is 0 Å². The molecule has 3 rings (SSSR count). The molecule has 0 bridgehead atoms. The monoisotopic (exact) mass is 625 g/mol. The van der Waals surface area contributed by atoms with Crippen molar-refractivity contribution in [2.24, 2.45) is 0 Å². The first kappa shape index (κ1) is 29.0. The van der Waals surface area contributed by atoms with E-state index in [1.165, 1.54) is 11.9 Å². The van der Waals surface area contributed by atoms with Gasteiger partial charge in [0.15, 0.2) is 0 Å². The smallest absolute Gasteiger partial charge is 0.244 e. The molecule has 7 nitrogen and oxygen atoms in total. The summed E-state index contributed by atoms with van der Waals surface area (Å²) in [4.78, 5) is 28.3. The number of hydrogen-bond donors (Lipinski definition) is 1. The molecule has 0 aromatic heterocycles. The Morgan fingerprint density at radius 3 is 2.24 bits per heavy atom. The van der Waals surface area contributed by atoms with Gasteiger partial charge >= 0.3 is 0 Å². The summed E-state index contributed by atoms with van der Waals surface area (Å²) >= 11 is 15.6. The second kappa shape index (κ2) is 12.8. The van der Waals surface area contributed by atoms with Crippen LogP contribution >= 0.6 is 39.1 Å². The third-order valence-corrected chi connectivity index (χ3v) is 8.00. The average Bonchev–Trinajstić information content (AvgIpc) is 2.86. The molecule has 0 aliphatic rings. The minimum Gasteiger partial charge on any atom is -0.357 e. The summed E-state index contributed by atoms with van der Waals surface area (Å²) in [6.07, 6.45) is 1.26. The summed E-state index contributed by atoms with van der Waals surface area (Å²) in [6, 6.07) is 19.9. The normalized spacial score (nSPS) is 12.0. The van der Waals surface area contributed by atoms with E-state index in [0.717, 1.165) is 16.1 Å². The number of anilines is 1. The second-order valence-electron chi connectivity index (χ2n) is 8.34. The van der Waals surface area contributed by atoms with Crippen molar-refractivity contribution in [2.45, 2.75) is 19.0 Å². The van der Waals surface area contributed by atoms with Gasteiger partial charge in [0.1, 0.15) is 12.6 Å². The molecule has 37 heavy (non-hydrogen) atoms. The Morgan fingerprint density at radius 1 is 0.946 bits per heavy atom. The van der Waals surface area contributed by atoms with Crippen molar-refractivity contribution in [2.75, 3.05) is 24.2 Å². The number of nitrogens with zero attached hydrogens (tertiary/aromatic N) is 2. The number of carbonyl (C=O) groups is 2. The van der Waals surface area contributed by atoms with Crippen molar-refractivity contribution in [1.82, 2.24) is 10.2 Å². The van der Waals surface area contributed by atoms with Gasteiger partial charge in [-0.05, 0) is 41.5 Å². The Balaban J connectivity index is 2.04. The van der Waals surface area contributed by atoms with E-state index >= 15 is 0 Å². The van der Waals surface area contributed by atoms with Crippen molar-refractivity contribution >= 4 is 66.7 Å². The van der Waals surface area contributed by atoms with Gasteiger partial charge in [-0.3, -0.25) is 13.9 Å². The molecule has 0 aliphatic carbocycles. The number of rotatable bonds is 10. The first-order valence-electron chi connectivity index (χ1n) is 11.2. The van der Waals surface area contributed by atoms with Crippen LogP contribution in [0.15, 0.2) is 77.3 Å². The lowest BCUT2D eigenvalue weighted by Gasteiger charge is -2.33. The van der Waals surface area contributed by atoms with Gasteiger partial charge in [0.05, 0.1) is 22.0 Å². The number of likely N-dealkylation sites (N-methyl/N-ethyl adjacent to an activating group) is 1. The summed E-state index contributed by atoms with van der Waals surface area (Å²) in [7, 11) is -2.34. The van der Waals surface area contributed by atoms with Crippen molar-refractivity contribution < 1.29 is 18.0 Å². The largest absolute Gasteiger partial charge is 0.357 e. The van der Waals surface area contributed by atoms with Gasteiger partial charge < -0.3 is 10.2 Å². The van der Waals surface area contributed by atoms with E-state index in [-0.39, 0.29) is 18.9 Å². The van der Waals surface area contributed by atoms with Crippen molar-refractivity contribution in [1.29, 1.82) is 0 Å². The first-order chi connectivity index (χ1) is 17.5. The molecule has 2 amide bonds. The highest BCUT2D eigenvalue weighted by atomic mass is 79.9. The van der Waals surface area contributed by atoms with Gasteiger partial charge in [0.25, 0.3) is 0 Å². The van der Waals surface area contributed by atoms with Crippen LogP contribution in [0.2, 0.25) is 10.0 Å². The zero-order valence-electron chi connectivity index (χ0n) is 20.2. The van der Waals surface area contributed by atoms with Crippen LogP contribution in [0.5, 0.6) is 0 Å². The maximum absolute atomic E-state index is 13.8. The molecule has 0 saturated carbocycles. The van der Waals surface area contributed by atoms with Gasteiger partial charge in [-0.25, -0.2) is 8.42 Å². The number of nitrogens with one attached hydrogen (secondary N) is 1. The van der Waals surface area contributed by atoms with Crippen LogP contribution in [0.1, 0.15) is 11.1 Å². The van der Waals surface area contributed by atoms with E-state index in [4.69, 9.17) is 23.2 Å². The molecule has 3 aromatic rings. The fourth-order valence-electron chi connectivity index (χ4n) is 3.80. The van der Waals surface area contributed by atoms with E-state index in [9.17, 15) is 18.0 Å². The highest BCUT2D eigenvalue weighted by Crippen LogP contribution is 2.26. The number of hydrogen-bond acceptors (Lipinski definition) is 4. The van der Waals surface area contributed by atoms with E-state index in [2.05, 4.69) is 21.2 Å². The standard InChI is InChI=1S/C26H26BrCl2N3O4S/c1-30-26(34)24(14-18-7-4-3-5-8-18)31(16-19-11-12-22(28)23(29)13-19)25(33)17-32(37(2,35)36)21-10-6-9-20(27)15-21/h3-13,15,24H,14,16-17H2,1-2H3,(H,30,34)/t24-/m1/s1. The predicted octanol–water partition coefficient (Wildman–Crippen LogP) is 4.91. The minimum absolute atomic E-state index is 0.0106. The molecule has 11 heteroatoms. The van der Waals surface area contributed by atoms with Crippen LogP contribution in [0.4, 0.5) is 5.69 Å². The summed E-state index contributed by atoms with van der Waals surface area (Å²) in [6.45, 7) is -0.490. The second-order valence-corrected chi connectivity index (χ2v) is 12.0. The SMILES string of the molecule is CNC(=O)[C@@H](Cc1ccccc1)N(Cc1ccc(Cl)c(Cl)c1)C(=O)CN(c1cccc(Br)c1)S(C)(=O)=O. The third-order valence-electron chi connectivity index (χ3n) is 5.63. The molecule has 0 aliphatic heterocycles. The highest BCUT2D eigenvalue weighted by Gasteiger charge is 2.32. The summed E-state index contributed by atoms with van der Waals surface area (Å²) in [5.41, 5.74) is 1.80. The summed E-state index contributed by atoms with van der Waals surface area (Å²) in [5, 5.41) is 3.29. The maximum atomic E-state index is 13.8. The molecular formula is C26H26BrCl2N3O4S. The number of carbonyl (C=O) groups excluding carboxylic acids is 2. The first-order valence-corrected chi connectivity index (χ1v) is 14.6. The van der Waals surface area contributed by atoms with E-state index < -0.39 is 28.5 Å². The van der Waals surface area contributed by atoms with Gasteiger partial charge in [0.2, 0.25) is 21.8 Å². The fourth-order valence-corrected chi connectivity index (χ4v) is 5.35. The lowest BCUT2D eigenvalue weighted by Crippen LogP contribution is -2.52. The van der Waals surface area contributed by atoms with Crippen LogP contribution in [0, 0.1) is 0 Å². The molecule has 1 N–H and O–H groups in total. The lowest BCUT2D eigenvalue weighted by atomic mass is 10.0. The number of sulfonamides is 1. The topological polar surface area (TPSA) is 86.8 Å². The molecule has 0 heterocycles. The highest BCUT2D eigenvalue weighted by molar-refractivity contribution is 9.10. The zero-order valence-corrected chi connectivity index (χ0v) is 24.1. The minimum atomic E-state index is -3.83. The molecular weight excluding hydrogens is 601 g/mol. The zero-order chi connectivity index (χ0) is 27.2. The van der Waals surface area contributed by atoms with Crippen LogP contribution < -0.4 is 9.62 Å². The molecule has 196 valence electrons. The predicted molar refractivity (Wildman–Crippen MR) is 151 cm³/mol. The Hall–Kier alpha value is -2.59. The van der Waals surface area contributed by atoms with Crippen molar-refractivity contribution in [3.63, 3.8) is 0 Å². The number of benzene rings is 3. The summed E-state index contributed by atoms with van der Waals surface area (Å²) in [5.74, 6) is -0.938. The lowest BCUT2D eigenvalue weighted by molar-refractivity contribution is -0.139. The van der Waals surface area contributed by atoms with Gasteiger partial charge in [-0.1, -0.05) is 81.6 Å². The molecule has 0 saturated heterocycles. The Kier molecular flexibility index (Phi) is 10.0. The Bertz CT molecular complexity index is 1370. The average molecular weight is 627 g/mol. The van der Waals surface area contributed by atoms with Gasteiger partial charge in [0, 0.05) is 24.5 Å². The van der Waals surface area contributed by atoms with Crippen LogP contribution in [0.25, 0.3) is 0 Å². The molecule has 0 radical (unpaired) electrons.